The van der Waals surface area contributed by atoms with E-state index in [1.54, 1.807) is 0 Å². The lowest BCUT2D eigenvalue weighted by atomic mass is 9.72. The highest BCUT2D eigenvalue weighted by Gasteiger charge is 2.67. The number of carbonyl (C=O) groups is 1. The average molecular weight is 665 g/mol. The van der Waals surface area contributed by atoms with Gasteiger partial charge in [-0.1, -0.05) is 140 Å². The Morgan fingerprint density at radius 1 is 0.708 bits per heavy atom. The molecule has 2 heterocycles. The molecule has 4 aromatic rings. The van der Waals surface area contributed by atoms with E-state index in [9.17, 15) is 4.79 Å². The van der Waals surface area contributed by atoms with Gasteiger partial charge in [0.15, 0.2) is 17.0 Å². The fourth-order valence-corrected chi connectivity index (χ4v) is 8.31. The first kappa shape index (κ1) is 34.2. The quantitative estimate of drug-likeness (QED) is 0.124. The molecule has 0 bridgehead atoms. The smallest absolute Gasteiger partial charge is 0.394 e. The summed E-state index contributed by atoms with van der Waals surface area (Å²) in [6.07, 6.45) is 2.76. The molecule has 250 valence electrons. The van der Waals surface area contributed by atoms with Crippen LogP contribution in [0.15, 0.2) is 133 Å². The van der Waals surface area contributed by atoms with Gasteiger partial charge in [-0.25, -0.2) is 0 Å². The topological polar surface area (TPSA) is 63.2 Å². The number of hydrogen-bond donors (Lipinski definition) is 0. The molecule has 2 saturated heterocycles. The SMILES string of the molecule is CC(C)=CCC[C@@H](C)CC(=O)OP1OC(c2ccccc2)(c2ccccc2)[C@@H]2OC(C)(C)O[C@H]2C(c2ccccc2)(c2ccccc2)O1. The molecule has 0 radical (unpaired) electrons. The lowest BCUT2D eigenvalue weighted by Gasteiger charge is -2.41. The molecule has 2 aliphatic heterocycles. The molecule has 0 amide bonds. The summed E-state index contributed by atoms with van der Waals surface area (Å²) in [5, 5.41) is 0. The van der Waals surface area contributed by atoms with Crippen molar-refractivity contribution in [3.63, 3.8) is 0 Å². The van der Waals surface area contributed by atoms with Gasteiger partial charge in [0.05, 0.1) is 0 Å². The van der Waals surface area contributed by atoms with Gasteiger partial charge in [-0.05, 0) is 68.7 Å². The molecule has 0 unspecified atom stereocenters. The fraction of sp³-hybridized carbons (Fsp3) is 0.341. The molecule has 3 atom stereocenters. The van der Waals surface area contributed by atoms with Crippen molar-refractivity contribution < 1.29 is 27.8 Å². The summed E-state index contributed by atoms with van der Waals surface area (Å²) in [6.45, 7) is 10.1. The van der Waals surface area contributed by atoms with Crippen LogP contribution in [-0.4, -0.2) is 24.0 Å². The number of benzene rings is 4. The summed E-state index contributed by atoms with van der Waals surface area (Å²) in [4.78, 5) is 13.8. The Hall–Kier alpha value is -3.64. The maximum atomic E-state index is 13.8. The zero-order valence-electron chi connectivity index (χ0n) is 28.4. The van der Waals surface area contributed by atoms with Gasteiger partial charge in [0.1, 0.15) is 12.2 Å². The highest BCUT2D eigenvalue weighted by molar-refractivity contribution is 7.42. The Labute approximate surface area is 286 Å². The molecule has 6 nitrogen and oxygen atoms in total. The standard InChI is InChI=1S/C41H45O6P/c1-30(2)19-18-20-31(3)29-36(42)45-48-46-40(32-21-10-6-11-22-32,33-23-12-7-13-24-33)37-38(44-39(4,5)43-37)41(47-48,34-25-14-8-15-26-34)35-27-16-9-17-28-35/h6-17,19,21-28,31,37-38H,18,20,29H2,1-5H3/t31-,37-,38-/m1/s1. The summed E-state index contributed by atoms with van der Waals surface area (Å²) in [7, 11) is -2.34. The second kappa shape index (κ2) is 14.5. The van der Waals surface area contributed by atoms with Crippen molar-refractivity contribution in [2.45, 2.75) is 83.1 Å². The third-order valence-corrected chi connectivity index (χ3v) is 10.3. The summed E-state index contributed by atoms with van der Waals surface area (Å²) in [5.41, 5.74) is 2.08. The molecule has 2 fully saturated rings. The first-order valence-electron chi connectivity index (χ1n) is 16.7. The molecular formula is C41H45O6P. The van der Waals surface area contributed by atoms with Crippen LogP contribution in [0.1, 0.15) is 76.1 Å². The van der Waals surface area contributed by atoms with Crippen molar-refractivity contribution in [1.82, 2.24) is 0 Å². The van der Waals surface area contributed by atoms with Gasteiger partial charge < -0.3 is 14.0 Å². The van der Waals surface area contributed by atoms with E-state index in [0.29, 0.717) is 0 Å². The van der Waals surface area contributed by atoms with Crippen molar-refractivity contribution in [1.29, 1.82) is 0 Å². The Kier molecular flexibility index (Phi) is 10.3. The van der Waals surface area contributed by atoms with Gasteiger partial charge in [0.25, 0.3) is 0 Å². The van der Waals surface area contributed by atoms with Crippen molar-refractivity contribution >= 4 is 14.6 Å². The minimum Gasteiger partial charge on any atom is -0.394 e. The van der Waals surface area contributed by atoms with Crippen molar-refractivity contribution in [3.05, 3.63) is 155 Å². The van der Waals surface area contributed by atoms with Gasteiger partial charge in [0, 0.05) is 6.42 Å². The van der Waals surface area contributed by atoms with Gasteiger partial charge >= 0.3 is 14.6 Å². The zero-order chi connectivity index (χ0) is 33.8. The molecule has 0 N–H and O–H groups in total. The van der Waals surface area contributed by atoms with Gasteiger partial charge in [-0.15, -0.1) is 0 Å². The van der Waals surface area contributed by atoms with E-state index < -0.39 is 37.8 Å². The Bertz CT molecular complexity index is 1490. The van der Waals surface area contributed by atoms with Crippen molar-refractivity contribution in [2.75, 3.05) is 0 Å². The van der Waals surface area contributed by atoms with Crippen LogP contribution in [0, 0.1) is 5.92 Å². The Balaban J connectivity index is 1.55. The number of hydrogen-bond acceptors (Lipinski definition) is 6. The van der Waals surface area contributed by atoms with Gasteiger partial charge in [0.2, 0.25) is 0 Å². The van der Waals surface area contributed by atoms with Crippen LogP contribution in [0.25, 0.3) is 0 Å². The number of carbonyl (C=O) groups excluding carboxylic acids is 1. The van der Waals surface area contributed by atoms with Crippen molar-refractivity contribution in [3.8, 4) is 0 Å². The number of ether oxygens (including phenoxy) is 2. The molecule has 2 aliphatic rings. The Morgan fingerprint density at radius 3 is 1.44 bits per heavy atom. The lowest BCUT2D eigenvalue weighted by Crippen LogP contribution is -2.53. The predicted molar refractivity (Wildman–Crippen MR) is 189 cm³/mol. The number of fused-ring (bicyclic) bond motifs is 1. The minimum atomic E-state index is -2.34. The van der Waals surface area contributed by atoms with Crippen LogP contribution in [0.5, 0.6) is 0 Å². The maximum Gasteiger partial charge on any atom is 0.402 e. The van der Waals surface area contributed by atoms with Crippen LogP contribution in [0.3, 0.4) is 0 Å². The molecule has 0 saturated carbocycles. The first-order valence-corrected chi connectivity index (χ1v) is 17.8. The van der Waals surface area contributed by atoms with Crippen LogP contribution >= 0.6 is 8.60 Å². The third-order valence-electron chi connectivity index (χ3n) is 9.05. The number of allylic oxidation sites excluding steroid dienone is 2. The van der Waals surface area contributed by atoms with Gasteiger partial charge in [-0.3, -0.25) is 13.8 Å². The molecule has 0 aromatic heterocycles. The highest BCUT2D eigenvalue weighted by Crippen LogP contribution is 2.65. The van der Waals surface area contributed by atoms with E-state index >= 15 is 0 Å². The molecule has 7 heteroatoms. The second-order valence-corrected chi connectivity index (χ2v) is 14.4. The molecule has 0 spiro atoms. The monoisotopic (exact) mass is 664 g/mol. The molecule has 6 rings (SSSR count). The normalized spacial score (nSPS) is 21.8. The predicted octanol–water partition coefficient (Wildman–Crippen LogP) is 9.98. The van der Waals surface area contributed by atoms with Crippen LogP contribution in [0.2, 0.25) is 0 Å². The summed E-state index contributed by atoms with van der Waals surface area (Å²) in [6, 6.07) is 39.9. The maximum absolute atomic E-state index is 13.8. The fourth-order valence-electron chi connectivity index (χ4n) is 6.86. The highest BCUT2D eigenvalue weighted by atomic mass is 31.2. The second-order valence-electron chi connectivity index (χ2n) is 13.4. The average Bonchev–Trinajstić information content (AvgIpc) is 3.37. The van der Waals surface area contributed by atoms with Crippen LogP contribution in [0.4, 0.5) is 0 Å². The first-order chi connectivity index (χ1) is 23.1. The molecule has 48 heavy (non-hydrogen) atoms. The van der Waals surface area contributed by atoms with E-state index in [-0.39, 0.29) is 18.3 Å². The zero-order valence-corrected chi connectivity index (χ0v) is 29.3. The van der Waals surface area contributed by atoms with E-state index in [4.69, 9.17) is 23.0 Å². The third kappa shape index (κ3) is 6.92. The number of rotatable bonds is 10. The summed E-state index contributed by atoms with van der Waals surface area (Å²) in [5.74, 6) is -1.25. The molecule has 4 aromatic carbocycles. The van der Waals surface area contributed by atoms with E-state index in [1.807, 2.05) is 135 Å². The Morgan fingerprint density at radius 2 is 1.08 bits per heavy atom. The van der Waals surface area contributed by atoms with E-state index in [1.165, 1.54) is 5.57 Å². The summed E-state index contributed by atoms with van der Waals surface area (Å²) >= 11 is 0. The van der Waals surface area contributed by atoms with E-state index in [0.717, 1.165) is 35.1 Å². The van der Waals surface area contributed by atoms with E-state index in [2.05, 4.69) is 26.8 Å². The van der Waals surface area contributed by atoms with Crippen LogP contribution < -0.4 is 0 Å². The lowest BCUT2D eigenvalue weighted by molar-refractivity contribution is -0.177. The minimum absolute atomic E-state index is 0.114. The molecular weight excluding hydrogens is 619 g/mol. The van der Waals surface area contributed by atoms with Crippen LogP contribution in [-0.2, 0) is 39.0 Å². The summed E-state index contributed by atoms with van der Waals surface area (Å²) < 4.78 is 34.7. The van der Waals surface area contributed by atoms with Crippen molar-refractivity contribution in [2.24, 2.45) is 5.92 Å². The molecule has 0 aliphatic carbocycles. The largest absolute Gasteiger partial charge is 0.402 e. The van der Waals surface area contributed by atoms with Gasteiger partial charge in [-0.2, -0.15) is 0 Å².